The van der Waals surface area contributed by atoms with E-state index < -0.39 is 0 Å². The van der Waals surface area contributed by atoms with Crippen molar-refractivity contribution in [3.63, 3.8) is 0 Å². The molecule has 4 aromatic carbocycles. The average molecular weight is 725 g/mol. The summed E-state index contributed by atoms with van der Waals surface area (Å²) in [5.41, 5.74) is 3.98. The molecule has 256 valence electrons. The molecule has 1 aliphatic rings. The van der Waals surface area contributed by atoms with Crippen LogP contribution < -0.4 is 0 Å². The summed E-state index contributed by atoms with van der Waals surface area (Å²) in [6.07, 6.45) is 0. The van der Waals surface area contributed by atoms with Gasteiger partial charge in [-0.2, -0.15) is 0 Å². The monoisotopic (exact) mass is 724 g/mol. The van der Waals surface area contributed by atoms with Gasteiger partial charge < -0.3 is 40.0 Å². The summed E-state index contributed by atoms with van der Waals surface area (Å²) in [5, 5.41) is 47.0. The zero-order valence-electron chi connectivity index (χ0n) is 28.7. The van der Waals surface area contributed by atoms with E-state index in [0.29, 0.717) is 65.3 Å². The van der Waals surface area contributed by atoms with Crippen LogP contribution in [0.3, 0.4) is 0 Å². The van der Waals surface area contributed by atoms with Gasteiger partial charge in [-0.15, -0.1) is 0 Å². The highest BCUT2D eigenvalue weighted by molar-refractivity contribution is 8.01. The van der Waals surface area contributed by atoms with E-state index in [1.807, 2.05) is 105 Å². The van der Waals surface area contributed by atoms with E-state index in [2.05, 4.69) is 19.6 Å². The molecule has 0 radical (unpaired) electrons. The highest BCUT2D eigenvalue weighted by Crippen LogP contribution is 2.53. The van der Waals surface area contributed by atoms with E-state index in [1.54, 1.807) is 0 Å². The first-order valence-electron chi connectivity index (χ1n) is 15.4. The lowest BCUT2D eigenvalue weighted by Gasteiger charge is -2.20. The molecule has 0 amide bonds. The Bertz CT molecular complexity index is 1460. The van der Waals surface area contributed by atoms with Crippen molar-refractivity contribution in [3.8, 4) is 23.0 Å². The van der Waals surface area contributed by atoms with E-state index in [9.17, 15) is 20.4 Å². The molecular weight excluding hydrogens is 681 g/mol. The molecule has 48 heavy (non-hydrogen) atoms. The van der Waals surface area contributed by atoms with Crippen molar-refractivity contribution in [1.29, 1.82) is 0 Å². The number of hydrogen-bond donors (Lipinski definition) is 4. The van der Waals surface area contributed by atoms with Crippen LogP contribution in [0.5, 0.6) is 23.0 Å². The highest BCUT2D eigenvalue weighted by Gasteiger charge is 2.23. The van der Waals surface area contributed by atoms with Gasteiger partial charge in [-0.25, -0.2) is 0 Å². The third-order valence-corrected chi connectivity index (χ3v) is 11.5. The molecular formula is C36H44N4O4S4. The first-order chi connectivity index (χ1) is 22.7. The van der Waals surface area contributed by atoms with Gasteiger partial charge in [-0.1, -0.05) is 47.0 Å². The molecule has 0 saturated carbocycles. The molecule has 0 unspecified atom stereocenters. The maximum Gasteiger partial charge on any atom is 0.143 e. The Balaban J connectivity index is 1.80. The van der Waals surface area contributed by atoms with Gasteiger partial charge in [0, 0.05) is 26.2 Å². The van der Waals surface area contributed by atoms with Crippen molar-refractivity contribution in [2.45, 2.75) is 65.3 Å². The summed E-state index contributed by atoms with van der Waals surface area (Å²) in [6, 6.07) is 15.7. The maximum atomic E-state index is 11.8. The number of aromatic hydroxyl groups is 4. The second kappa shape index (κ2) is 15.5. The van der Waals surface area contributed by atoms with Crippen molar-refractivity contribution in [1.82, 2.24) is 19.6 Å². The largest absolute Gasteiger partial charge is 0.506 e. The third-order valence-electron chi connectivity index (χ3n) is 7.27. The van der Waals surface area contributed by atoms with Crippen LogP contribution in [0, 0.1) is 0 Å². The van der Waals surface area contributed by atoms with Crippen molar-refractivity contribution in [2.24, 2.45) is 0 Å². The summed E-state index contributed by atoms with van der Waals surface area (Å²) in [4.78, 5) is 13.1. The van der Waals surface area contributed by atoms with E-state index in [4.69, 9.17) is 0 Å². The number of benzene rings is 4. The van der Waals surface area contributed by atoms with E-state index in [0.717, 1.165) is 22.3 Å². The quantitative estimate of drug-likeness (QED) is 0.127. The van der Waals surface area contributed by atoms with Crippen LogP contribution in [0.15, 0.2) is 87.7 Å². The van der Waals surface area contributed by atoms with Gasteiger partial charge in [-0.3, -0.25) is 0 Å². The topological polar surface area (TPSA) is 93.9 Å². The van der Waals surface area contributed by atoms with Crippen LogP contribution in [0.25, 0.3) is 0 Å². The lowest BCUT2D eigenvalue weighted by atomic mass is 10.2. The van der Waals surface area contributed by atoms with Crippen molar-refractivity contribution >= 4 is 47.0 Å². The van der Waals surface area contributed by atoms with Crippen LogP contribution in [-0.4, -0.2) is 96.4 Å². The number of rotatable bonds is 8. The molecule has 4 aromatic rings. The molecule has 0 saturated heterocycles. The predicted octanol–water partition coefficient (Wildman–Crippen LogP) is 7.67. The lowest BCUT2D eigenvalue weighted by molar-refractivity contribution is 0.398. The minimum atomic E-state index is 0.0917. The molecule has 5 rings (SSSR count). The van der Waals surface area contributed by atoms with Crippen LogP contribution in [-0.2, 0) is 26.2 Å². The number of nitrogens with zero attached hydrogens (tertiary/aromatic N) is 4. The standard InChI is InChI=1S/C36H44N4O4S4/c1-37(2)17-21-9-25-33(41)26(10-21)46-28-12-23(19-39(5)6)14-30(35(28)43)48-32-16-24(20-40(7)8)15-31(36(32)44)47-29-13-22(18-38(3)4)11-27(45-25)34(29)42/h9-16,41-44H,17-20H2,1-8H3. The summed E-state index contributed by atoms with van der Waals surface area (Å²) in [7, 11) is 16.0. The van der Waals surface area contributed by atoms with E-state index in [-0.39, 0.29) is 23.0 Å². The number of phenolic OH excluding ortho intramolecular Hbond substituents is 4. The van der Waals surface area contributed by atoms with Gasteiger partial charge in [0.1, 0.15) is 23.0 Å². The van der Waals surface area contributed by atoms with Crippen molar-refractivity contribution in [3.05, 3.63) is 70.8 Å². The summed E-state index contributed by atoms with van der Waals surface area (Å²) in [5.74, 6) is 0.367. The molecule has 12 heteroatoms. The second-order valence-electron chi connectivity index (χ2n) is 13.1. The fourth-order valence-electron chi connectivity index (χ4n) is 5.47. The SMILES string of the molecule is CN(C)Cc1cc2c(O)c(c1)Sc1cc(CN(C)C)cc(c1O)Sc1cc(CN(C)C)cc(c1O)Sc1cc(CN(C)C)cc(c1O)S2. The van der Waals surface area contributed by atoms with Crippen LogP contribution in [0.1, 0.15) is 22.3 Å². The Morgan fingerprint density at radius 3 is 0.604 bits per heavy atom. The Kier molecular flexibility index (Phi) is 11.8. The molecule has 0 spiro atoms. The van der Waals surface area contributed by atoms with Gasteiger partial charge in [0.2, 0.25) is 0 Å². The van der Waals surface area contributed by atoms with Crippen molar-refractivity contribution < 1.29 is 20.4 Å². The summed E-state index contributed by atoms with van der Waals surface area (Å²) in [6.45, 7) is 2.58. The second-order valence-corrected chi connectivity index (χ2v) is 17.5. The summed E-state index contributed by atoms with van der Waals surface area (Å²) >= 11 is 5.25. The molecule has 0 aromatic heterocycles. The maximum absolute atomic E-state index is 11.8. The van der Waals surface area contributed by atoms with Gasteiger partial charge in [0.25, 0.3) is 0 Å². The van der Waals surface area contributed by atoms with Crippen LogP contribution in [0.2, 0.25) is 0 Å². The Morgan fingerprint density at radius 1 is 0.333 bits per heavy atom. The fourth-order valence-corrected chi connectivity index (χ4v) is 10.0. The predicted molar refractivity (Wildman–Crippen MR) is 198 cm³/mol. The van der Waals surface area contributed by atoms with E-state index in [1.165, 1.54) is 47.0 Å². The van der Waals surface area contributed by atoms with Gasteiger partial charge >= 0.3 is 0 Å². The fraction of sp³-hybridized carbons (Fsp3) is 0.333. The minimum absolute atomic E-state index is 0.0917. The average Bonchev–Trinajstić information content (AvgIpc) is 2.96. The number of phenols is 4. The Labute approximate surface area is 301 Å². The highest BCUT2D eigenvalue weighted by atomic mass is 32.2. The molecule has 0 fully saturated rings. The van der Waals surface area contributed by atoms with Crippen LogP contribution in [0.4, 0.5) is 0 Å². The van der Waals surface area contributed by atoms with Gasteiger partial charge in [0.15, 0.2) is 0 Å². The molecule has 1 aliphatic heterocycles. The first kappa shape index (κ1) is 36.6. The third kappa shape index (κ3) is 8.91. The smallest absolute Gasteiger partial charge is 0.143 e. The minimum Gasteiger partial charge on any atom is -0.506 e. The molecule has 1 heterocycles. The van der Waals surface area contributed by atoms with Gasteiger partial charge in [-0.05, 0) is 127 Å². The van der Waals surface area contributed by atoms with E-state index >= 15 is 0 Å². The zero-order valence-corrected chi connectivity index (χ0v) is 31.9. The molecule has 8 nitrogen and oxygen atoms in total. The van der Waals surface area contributed by atoms with Crippen molar-refractivity contribution in [2.75, 3.05) is 56.4 Å². The van der Waals surface area contributed by atoms with Crippen LogP contribution >= 0.6 is 47.0 Å². The first-order valence-corrected chi connectivity index (χ1v) is 18.7. The number of hydrogen-bond acceptors (Lipinski definition) is 12. The Morgan fingerprint density at radius 2 is 0.479 bits per heavy atom. The van der Waals surface area contributed by atoms with Gasteiger partial charge in [0.05, 0.1) is 39.2 Å². The molecule has 8 bridgehead atoms. The normalized spacial score (nSPS) is 13.2. The number of fused-ring (bicyclic) bond motifs is 8. The molecule has 4 N–H and O–H groups in total. The molecule has 0 atom stereocenters. The zero-order chi connectivity index (χ0) is 34.9. The Hall–Kier alpha value is -2.68. The summed E-state index contributed by atoms with van der Waals surface area (Å²) < 4.78 is 0. The molecule has 0 aliphatic carbocycles. The lowest BCUT2D eigenvalue weighted by Crippen LogP contribution is -2.11.